The van der Waals surface area contributed by atoms with E-state index in [0.29, 0.717) is 17.8 Å². The van der Waals surface area contributed by atoms with Gasteiger partial charge in [-0.2, -0.15) is 0 Å². The van der Waals surface area contributed by atoms with Gasteiger partial charge in [0.25, 0.3) is 0 Å². The van der Waals surface area contributed by atoms with Crippen LogP contribution in [0.25, 0.3) is 0 Å². The predicted molar refractivity (Wildman–Crippen MR) is 50.6 cm³/mol. The Hall–Kier alpha value is -0.530. The molecule has 70 valence electrons. The summed E-state index contributed by atoms with van der Waals surface area (Å²) in [7, 11) is 0. The highest BCUT2D eigenvalue weighted by Gasteiger charge is 2.27. The largest absolute Gasteiger partial charge is 0.411 e. The smallest absolute Gasteiger partial charge is 0.0606 e. The highest BCUT2D eigenvalue weighted by atomic mass is 16.4. The number of hydrogen-bond donors (Lipinski definition) is 1. The molecule has 0 saturated heterocycles. The van der Waals surface area contributed by atoms with Gasteiger partial charge in [-0.3, -0.25) is 0 Å². The Kier molecular flexibility index (Phi) is 3.12. The summed E-state index contributed by atoms with van der Waals surface area (Å²) in [6.45, 7) is 6.62. The van der Waals surface area contributed by atoms with Crippen LogP contribution in [0.4, 0.5) is 0 Å². The first kappa shape index (κ1) is 9.56. The van der Waals surface area contributed by atoms with Crippen LogP contribution in [0.3, 0.4) is 0 Å². The van der Waals surface area contributed by atoms with Crippen LogP contribution in [0, 0.1) is 17.8 Å². The molecule has 0 heterocycles. The lowest BCUT2D eigenvalue weighted by atomic mass is 9.76. The Balaban J connectivity index is 2.63. The molecule has 12 heavy (non-hydrogen) atoms. The lowest BCUT2D eigenvalue weighted by Gasteiger charge is -2.29. The second-order valence-electron chi connectivity index (χ2n) is 4.33. The van der Waals surface area contributed by atoms with Crippen LogP contribution in [0.1, 0.15) is 40.0 Å². The third-order valence-electron chi connectivity index (χ3n) is 2.89. The van der Waals surface area contributed by atoms with Crippen molar-refractivity contribution in [1.82, 2.24) is 0 Å². The van der Waals surface area contributed by atoms with Gasteiger partial charge in [-0.1, -0.05) is 25.9 Å². The molecule has 1 fully saturated rings. The average molecular weight is 169 g/mol. The van der Waals surface area contributed by atoms with Gasteiger partial charge in [-0.05, 0) is 31.1 Å². The zero-order valence-electron chi connectivity index (χ0n) is 8.25. The molecule has 1 aliphatic carbocycles. The van der Waals surface area contributed by atoms with Crippen molar-refractivity contribution < 1.29 is 5.21 Å². The first-order valence-corrected chi connectivity index (χ1v) is 4.86. The van der Waals surface area contributed by atoms with Crippen molar-refractivity contribution in [1.29, 1.82) is 0 Å². The maximum Gasteiger partial charge on any atom is 0.0606 e. The van der Waals surface area contributed by atoms with Crippen LogP contribution in [0.15, 0.2) is 5.16 Å². The van der Waals surface area contributed by atoms with Gasteiger partial charge in [-0.15, -0.1) is 0 Å². The number of rotatable bonds is 1. The fourth-order valence-corrected chi connectivity index (χ4v) is 2.07. The monoisotopic (exact) mass is 169 g/mol. The summed E-state index contributed by atoms with van der Waals surface area (Å²) in [5, 5.41) is 12.2. The zero-order valence-corrected chi connectivity index (χ0v) is 8.25. The Morgan fingerprint density at radius 1 is 1.42 bits per heavy atom. The van der Waals surface area contributed by atoms with Gasteiger partial charge in [0.2, 0.25) is 0 Å². The van der Waals surface area contributed by atoms with Crippen LogP contribution in [-0.2, 0) is 0 Å². The first-order chi connectivity index (χ1) is 5.65. The molecule has 1 aliphatic rings. The van der Waals surface area contributed by atoms with E-state index in [1.54, 1.807) is 0 Å². The second kappa shape index (κ2) is 3.92. The predicted octanol–water partition coefficient (Wildman–Crippen LogP) is 2.91. The highest BCUT2D eigenvalue weighted by Crippen LogP contribution is 2.30. The molecule has 1 rings (SSSR count). The minimum atomic E-state index is 0.520. The summed E-state index contributed by atoms with van der Waals surface area (Å²) in [6, 6.07) is 0. The minimum Gasteiger partial charge on any atom is -0.411 e. The topological polar surface area (TPSA) is 32.6 Å². The highest BCUT2D eigenvalue weighted by molar-refractivity contribution is 5.87. The quantitative estimate of drug-likeness (QED) is 0.475. The average Bonchev–Trinajstić information content (AvgIpc) is 2.03. The SMILES string of the molecule is CC(C)[C@@H]1CC[C@H](C)C/C1=N\O. The summed E-state index contributed by atoms with van der Waals surface area (Å²) in [6.07, 6.45) is 3.46. The Morgan fingerprint density at radius 2 is 2.08 bits per heavy atom. The van der Waals surface area contributed by atoms with Gasteiger partial charge < -0.3 is 5.21 Å². The lowest BCUT2D eigenvalue weighted by molar-refractivity contribution is 0.291. The van der Waals surface area contributed by atoms with Gasteiger partial charge in [0.1, 0.15) is 0 Å². The normalized spacial score (nSPS) is 34.5. The first-order valence-electron chi connectivity index (χ1n) is 4.86. The van der Waals surface area contributed by atoms with Crippen molar-refractivity contribution in [3.8, 4) is 0 Å². The van der Waals surface area contributed by atoms with Gasteiger partial charge >= 0.3 is 0 Å². The van der Waals surface area contributed by atoms with Crippen molar-refractivity contribution in [3.63, 3.8) is 0 Å². The molecule has 0 aromatic carbocycles. The molecule has 0 spiro atoms. The van der Waals surface area contributed by atoms with Gasteiger partial charge in [0.15, 0.2) is 0 Å². The third kappa shape index (κ3) is 1.99. The molecule has 0 bridgehead atoms. The molecule has 2 nitrogen and oxygen atoms in total. The molecule has 1 saturated carbocycles. The van der Waals surface area contributed by atoms with Gasteiger partial charge in [0.05, 0.1) is 5.71 Å². The lowest BCUT2D eigenvalue weighted by Crippen LogP contribution is -2.27. The van der Waals surface area contributed by atoms with Crippen molar-refractivity contribution in [3.05, 3.63) is 0 Å². The summed E-state index contributed by atoms with van der Waals surface area (Å²) in [5.74, 6) is 1.83. The number of oxime groups is 1. The van der Waals surface area contributed by atoms with Gasteiger partial charge in [0, 0.05) is 5.92 Å². The summed E-state index contributed by atoms with van der Waals surface area (Å²) in [4.78, 5) is 0. The number of hydrogen-bond acceptors (Lipinski definition) is 2. The fraction of sp³-hybridized carbons (Fsp3) is 0.900. The standard InChI is InChI=1S/C10H19NO/c1-7(2)9-5-4-8(3)6-10(9)11-12/h7-9,12H,4-6H2,1-3H3/b11-10+/t8-,9-/m0/s1. The van der Waals surface area contributed by atoms with E-state index in [2.05, 4.69) is 25.9 Å². The molecule has 0 unspecified atom stereocenters. The second-order valence-corrected chi connectivity index (χ2v) is 4.33. The Labute approximate surface area is 74.7 Å². The Morgan fingerprint density at radius 3 is 2.58 bits per heavy atom. The van der Waals surface area contributed by atoms with E-state index < -0.39 is 0 Å². The summed E-state index contributed by atoms with van der Waals surface area (Å²) in [5.41, 5.74) is 1.02. The van der Waals surface area contributed by atoms with Crippen LogP contribution >= 0.6 is 0 Å². The van der Waals surface area contributed by atoms with Crippen molar-refractivity contribution >= 4 is 5.71 Å². The molecular weight excluding hydrogens is 150 g/mol. The molecular formula is C10H19NO. The molecule has 0 aromatic heterocycles. The molecule has 2 heteroatoms. The van der Waals surface area contributed by atoms with E-state index in [1.165, 1.54) is 12.8 Å². The molecule has 0 radical (unpaired) electrons. The summed E-state index contributed by atoms with van der Waals surface area (Å²) < 4.78 is 0. The van der Waals surface area contributed by atoms with Crippen LogP contribution in [0.5, 0.6) is 0 Å². The maximum absolute atomic E-state index is 8.82. The Bertz CT molecular complexity index is 175. The van der Waals surface area contributed by atoms with E-state index in [1.807, 2.05) is 0 Å². The van der Waals surface area contributed by atoms with Gasteiger partial charge in [-0.25, -0.2) is 0 Å². The maximum atomic E-state index is 8.82. The molecule has 1 N–H and O–H groups in total. The number of nitrogens with zero attached hydrogens (tertiary/aromatic N) is 1. The summed E-state index contributed by atoms with van der Waals surface area (Å²) >= 11 is 0. The zero-order chi connectivity index (χ0) is 9.14. The van der Waals surface area contributed by atoms with Crippen molar-refractivity contribution in [2.45, 2.75) is 40.0 Å². The molecule has 0 aromatic rings. The van der Waals surface area contributed by atoms with Crippen molar-refractivity contribution in [2.75, 3.05) is 0 Å². The van der Waals surface area contributed by atoms with Crippen LogP contribution in [0.2, 0.25) is 0 Å². The van der Waals surface area contributed by atoms with Crippen LogP contribution < -0.4 is 0 Å². The van der Waals surface area contributed by atoms with E-state index >= 15 is 0 Å². The van der Waals surface area contributed by atoms with Crippen molar-refractivity contribution in [2.24, 2.45) is 22.9 Å². The van der Waals surface area contributed by atoms with E-state index in [-0.39, 0.29) is 0 Å². The van der Waals surface area contributed by atoms with E-state index in [9.17, 15) is 0 Å². The van der Waals surface area contributed by atoms with Crippen LogP contribution in [-0.4, -0.2) is 10.9 Å². The molecule has 0 aliphatic heterocycles. The molecule has 2 atom stereocenters. The fourth-order valence-electron chi connectivity index (χ4n) is 2.07. The molecule has 0 amide bonds. The minimum absolute atomic E-state index is 0.520. The van der Waals surface area contributed by atoms with E-state index in [4.69, 9.17) is 5.21 Å². The third-order valence-corrected chi connectivity index (χ3v) is 2.89. The van der Waals surface area contributed by atoms with E-state index in [0.717, 1.165) is 12.1 Å².